The number of hydrogen-bond acceptors (Lipinski definition) is 6. The molecule has 4 rings (SSSR count). The predicted molar refractivity (Wildman–Crippen MR) is 155 cm³/mol. The molecule has 2 amide bonds. The Bertz CT molecular complexity index is 1440. The van der Waals surface area contributed by atoms with E-state index in [4.69, 9.17) is 19.3 Å². The Morgan fingerprint density at radius 2 is 1.50 bits per heavy atom. The molecule has 0 atom stereocenters. The summed E-state index contributed by atoms with van der Waals surface area (Å²) in [6.07, 6.45) is 0.679. The number of aromatic nitrogens is 2. The topological polar surface area (TPSA) is 94.9 Å². The minimum absolute atomic E-state index is 0.146. The zero-order valence-electron chi connectivity index (χ0n) is 23.4. The van der Waals surface area contributed by atoms with Gasteiger partial charge < -0.3 is 24.4 Å². The number of benzene rings is 3. The van der Waals surface area contributed by atoms with Gasteiger partial charge in [-0.05, 0) is 55.3 Å². The number of nitrogens with zero attached hydrogens (tertiary/aromatic N) is 3. The molecule has 3 aromatic carbocycles. The molecule has 0 radical (unpaired) electrons. The van der Waals surface area contributed by atoms with E-state index in [1.165, 1.54) is 19.1 Å². The number of nitrogens with one attached hydrogen (secondary N) is 1. The molecule has 0 saturated carbocycles. The van der Waals surface area contributed by atoms with E-state index in [0.717, 1.165) is 22.5 Å². The predicted octanol–water partition coefficient (Wildman–Crippen LogP) is 5.36. The van der Waals surface area contributed by atoms with Crippen LogP contribution >= 0.6 is 0 Å². The summed E-state index contributed by atoms with van der Waals surface area (Å²) in [5.41, 5.74) is 3.60. The summed E-state index contributed by atoms with van der Waals surface area (Å²) in [6, 6.07) is 22.2. The molecule has 1 aromatic heterocycles. The third-order valence-corrected chi connectivity index (χ3v) is 6.41. The molecule has 4 aromatic rings. The SMILES string of the molecule is CCCN(CC(=O)Nc1c(-c2ccccc2)c(C)nn1-c1ccc(OC)cc1)C(=O)c1cc(OC)cc(OC)c1. The van der Waals surface area contributed by atoms with Crippen LogP contribution in [-0.4, -0.2) is 60.9 Å². The van der Waals surface area contributed by atoms with Crippen LogP contribution in [0.1, 0.15) is 29.4 Å². The largest absolute Gasteiger partial charge is 0.497 e. The van der Waals surface area contributed by atoms with E-state index in [1.807, 2.05) is 68.4 Å². The fourth-order valence-corrected chi connectivity index (χ4v) is 4.48. The average molecular weight is 543 g/mol. The fraction of sp³-hybridized carbons (Fsp3) is 0.258. The smallest absolute Gasteiger partial charge is 0.254 e. The molecule has 0 unspecified atom stereocenters. The first-order chi connectivity index (χ1) is 19.4. The van der Waals surface area contributed by atoms with Gasteiger partial charge in [0.1, 0.15) is 29.6 Å². The van der Waals surface area contributed by atoms with Crippen LogP contribution in [0.4, 0.5) is 5.82 Å². The number of methoxy groups -OCH3 is 3. The van der Waals surface area contributed by atoms with Gasteiger partial charge in [0, 0.05) is 23.7 Å². The summed E-state index contributed by atoms with van der Waals surface area (Å²) in [6.45, 7) is 4.11. The lowest BCUT2D eigenvalue weighted by atomic mass is 10.1. The van der Waals surface area contributed by atoms with Gasteiger partial charge in [-0.15, -0.1) is 0 Å². The Labute approximate surface area is 234 Å². The summed E-state index contributed by atoms with van der Waals surface area (Å²) in [4.78, 5) is 28.6. The molecule has 0 aliphatic carbocycles. The van der Waals surface area contributed by atoms with Crippen LogP contribution in [0.15, 0.2) is 72.8 Å². The highest BCUT2D eigenvalue weighted by atomic mass is 16.5. The summed E-state index contributed by atoms with van der Waals surface area (Å²) in [7, 11) is 4.66. The van der Waals surface area contributed by atoms with Gasteiger partial charge in [0.05, 0.1) is 32.7 Å². The van der Waals surface area contributed by atoms with E-state index in [9.17, 15) is 9.59 Å². The zero-order chi connectivity index (χ0) is 28.6. The number of aryl methyl sites for hydroxylation is 1. The summed E-state index contributed by atoms with van der Waals surface area (Å²) in [5, 5.41) is 7.81. The van der Waals surface area contributed by atoms with Crippen molar-refractivity contribution in [2.45, 2.75) is 20.3 Å². The van der Waals surface area contributed by atoms with Crippen molar-refractivity contribution in [3.05, 3.63) is 84.1 Å². The summed E-state index contributed by atoms with van der Waals surface area (Å²) < 4.78 is 17.7. The molecular formula is C31H34N4O5. The molecule has 1 N–H and O–H groups in total. The molecule has 0 bridgehead atoms. The van der Waals surface area contributed by atoms with Gasteiger partial charge >= 0.3 is 0 Å². The highest BCUT2D eigenvalue weighted by molar-refractivity contribution is 6.01. The Morgan fingerprint density at radius 3 is 2.08 bits per heavy atom. The first-order valence-electron chi connectivity index (χ1n) is 13.0. The third-order valence-electron chi connectivity index (χ3n) is 6.41. The molecule has 0 aliphatic rings. The highest BCUT2D eigenvalue weighted by Gasteiger charge is 2.24. The normalized spacial score (nSPS) is 10.6. The van der Waals surface area contributed by atoms with Crippen molar-refractivity contribution in [2.24, 2.45) is 0 Å². The van der Waals surface area contributed by atoms with Crippen molar-refractivity contribution in [3.63, 3.8) is 0 Å². The molecule has 0 aliphatic heterocycles. The first-order valence-corrected chi connectivity index (χ1v) is 13.0. The fourth-order valence-electron chi connectivity index (χ4n) is 4.48. The van der Waals surface area contributed by atoms with Gasteiger partial charge in [-0.25, -0.2) is 4.68 Å². The molecule has 0 fully saturated rings. The van der Waals surface area contributed by atoms with Crippen molar-refractivity contribution in [1.82, 2.24) is 14.7 Å². The Morgan fingerprint density at radius 1 is 0.875 bits per heavy atom. The average Bonchev–Trinajstić information content (AvgIpc) is 3.31. The van der Waals surface area contributed by atoms with Crippen LogP contribution in [0.3, 0.4) is 0 Å². The number of hydrogen-bond donors (Lipinski definition) is 1. The van der Waals surface area contributed by atoms with Crippen molar-refractivity contribution in [1.29, 1.82) is 0 Å². The second-order valence-corrected chi connectivity index (χ2v) is 9.16. The van der Waals surface area contributed by atoms with Gasteiger partial charge in [-0.1, -0.05) is 37.3 Å². The van der Waals surface area contributed by atoms with Crippen LogP contribution in [0.25, 0.3) is 16.8 Å². The number of rotatable bonds is 11. The standard InChI is InChI=1S/C31H34N4O5/c1-6-16-34(31(37)23-17-26(39-4)19-27(18-23)40-5)20-28(36)32-30-29(22-10-8-7-9-11-22)21(2)33-35(30)24-12-14-25(38-3)15-13-24/h7-15,17-19H,6,16,20H2,1-5H3,(H,32,36). The molecule has 1 heterocycles. The molecule has 9 nitrogen and oxygen atoms in total. The van der Waals surface area contributed by atoms with Gasteiger partial charge in [0.2, 0.25) is 5.91 Å². The second-order valence-electron chi connectivity index (χ2n) is 9.16. The van der Waals surface area contributed by atoms with E-state index >= 15 is 0 Å². The van der Waals surface area contributed by atoms with E-state index in [1.54, 1.807) is 30.0 Å². The van der Waals surface area contributed by atoms with Crippen LogP contribution in [-0.2, 0) is 4.79 Å². The van der Waals surface area contributed by atoms with Crippen molar-refractivity contribution >= 4 is 17.6 Å². The number of amides is 2. The van der Waals surface area contributed by atoms with Gasteiger partial charge in [-0.3, -0.25) is 9.59 Å². The lowest BCUT2D eigenvalue weighted by molar-refractivity contribution is -0.116. The van der Waals surface area contributed by atoms with Crippen molar-refractivity contribution < 1.29 is 23.8 Å². The number of carbonyl (C=O) groups is 2. The molecule has 208 valence electrons. The maximum atomic E-state index is 13.5. The summed E-state index contributed by atoms with van der Waals surface area (Å²) in [5.74, 6) is 1.58. The van der Waals surface area contributed by atoms with Crippen LogP contribution in [0.2, 0.25) is 0 Å². The molecule has 40 heavy (non-hydrogen) atoms. The quantitative estimate of drug-likeness (QED) is 0.274. The molecule has 0 spiro atoms. The van der Waals surface area contributed by atoms with Gasteiger partial charge in [0.25, 0.3) is 5.91 Å². The third kappa shape index (κ3) is 6.26. The van der Waals surface area contributed by atoms with Gasteiger partial charge in [-0.2, -0.15) is 5.10 Å². The lowest BCUT2D eigenvalue weighted by Gasteiger charge is -2.22. The molecule has 0 saturated heterocycles. The zero-order valence-corrected chi connectivity index (χ0v) is 23.4. The van der Waals surface area contributed by atoms with E-state index in [0.29, 0.717) is 41.6 Å². The Kier molecular flexibility index (Phi) is 9.06. The first kappa shape index (κ1) is 28.2. The van der Waals surface area contributed by atoms with Crippen molar-refractivity contribution in [2.75, 3.05) is 39.7 Å². The maximum absolute atomic E-state index is 13.5. The van der Waals surface area contributed by atoms with Crippen LogP contribution in [0, 0.1) is 6.92 Å². The molecule has 9 heteroatoms. The van der Waals surface area contributed by atoms with Crippen LogP contribution in [0.5, 0.6) is 17.2 Å². The van der Waals surface area contributed by atoms with E-state index < -0.39 is 0 Å². The summed E-state index contributed by atoms with van der Waals surface area (Å²) >= 11 is 0. The molecular weight excluding hydrogens is 508 g/mol. The monoisotopic (exact) mass is 542 g/mol. The van der Waals surface area contributed by atoms with Crippen molar-refractivity contribution in [3.8, 4) is 34.1 Å². The highest BCUT2D eigenvalue weighted by Crippen LogP contribution is 2.34. The minimum Gasteiger partial charge on any atom is -0.497 e. The number of anilines is 1. The number of ether oxygens (including phenoxy) is 3. The van der Waals surface area contributed by atoms with Gasteiger partial charge in [0.15, 0.2) is 0 Å². The van der Waals surface area contributed by atoms with Crippen LogP contribution < -0.4 is 19.5 Å². The Hall–Kier alpha value is -4.79. The van der Waals surface area contributed by atoms with E-state index in [2.05, 4.69) is 5.32 Å². The minimum atomic E-state index is -0.344. The van der Waals surface area contributed by atoms with E-state index in [-0.39, 0.29) is 18.4 Å². The lowest BCUT2D eigenvalue weighted by Crippen LogP contribution is -2.38. The maximum Gasteiger partial charge on any atom is 0.254 e. The Balaban J connectivity index is 1.67. The second kappa shape index (κ2) is 12.8. The number of carbonyl (C=O) groups excluding carboxylic acids is 2.